The zero-order chi connectivity index (χ0) is 24.4. The van der Waals surface area contributed by atoms with E-state index in [0.29, 0.717) is 28.8 Å². The molecule has 0 saturated heterocycles. The number of amides is 2. The third-order valence-electron chi connectivity index (χ3n) is 6.22. The summed E-state index contributed by atoms with van der Waals surface area (Å²) in [5.41, 5.74) is 5.32. The third kappa shape index (κ3) is 4.79. The molecule has 2 N–H and O–H groups in total. The number of hydrogen-bond acceptors (Lipinski definition) is 4. The molecule has 1 aliphatic rings. The number of aryl methyl sites for hydroxylation is 1. The predicted octanol–water partition coefficient (Wildman–Crippen LogP) is 4.23. The molecule has 0 saturated carbocycles. The predicted molar refractivity (Wildman–Crippen MR) is 131 cm³/mol. The number of carbonyl (C=O) groups excluding carboxylic acids is 2. The summed E-state index contributed by atoms with van der Waals surface area (Å²) in [7, 11) is 1.44. The van der Waals surface area contributed by atoms with Crippen molar-refractivity contribution in [3.8, 4) is 0 Å². The number of nitrogens with zero attached hydrogens (tertiary/aromatic N) is 2. The van der Waals surface area contributed by atoms with E-state index < -0.39 is 0 Å². The first-order valence-electron chi connectivity index (χ1n) is 11.4. The van der Waals surface area contributed by atoms with E-state index >= 15 is 0 Å². The van der Waals surface area contributed by atoms with Gasteiger partial charge in [0, 0.05) is 19.3 Å². The van der Waals surface area contributed by atoms with Gasteiger partial charge in [0.25, 0.3) is 5.91 Å². The van der Waals surface area contributed by atoms with Crippen LogP contribution in [0.15, 0.2) is 67.0 Å². The van der Waals surface area contributed by atoms with E-state index in [2.05, 4.69) is 21.7 Å². The number of hydrogen-bond donors (Lipinski definition) is 2. The van der Waals surface area contributed by atoms with Crippen LogP contribution in [0.5, 0.6) is 0 Å². The number of nitrogens with one attached hydrogen (secondary N) is 2. The molecule has 4 aromatic rings. The summed E-state index contributed by atoms with van der Waals surface area (Å²) >= 11 is 0. The summed E-state index contributed by atoms with van der Waals surface area (Å²) in [6.45, 7) is 0.316. The first kappa shape index (κ1) is 22.7. The molecule has 0 unspecified atom stereocenters. The summed E-state index contributed by atoms with van der Waals surface area (Å²) < 4.78 is 20.1. The Hall–Kier alpha value is -4.04. The maximum atomic E-state index is 13.6. The van der Waals surface area contributed by atoms with E-state index in [4.69, 9.17) is 4.74 Å². The molecule has 3 aromatic carbocycles. The number of halogens is 1. The average molecular weight is 473 g/mol. The van der Waals surface area contributed by atoms with E-state index in [1.54, 1.807) is 30.6 Å². The highest BCUT2D eigenvalue weighted by Gasteiger charge is 2.26. The Morgan fingerprint density at radius 2 is 1.94 bits per heavy atom. The van der Waals surface area contributed by atoms with Gasteiger partial charge in [-0.2, -0.15) is 0 Å². The summed E-state index contributed by atoms with van der Waals surface area (Å²) in [6, 6.07) is 17.6. The lowest BCUT2D eigenvalue weighted by Crippen LogP contribution is -2.28. The van der Waals surface area contributed by atoms with Gasteiger partial charge in [0.1, 0.15) is 12.4 Å². The Morgan fingerprint density at radius 3 is 2.74 bits per heavy atom. The van der Waals surface area contributed by atoms with Crippen LogP contribution in [0.3, 0.4) is 0 Å². The first-order chi connectivity index (χ1) is 17.0. The Bertz CT molecular complexity index is 1400. The van der Waals surface area contributed by atoms with Gasteiger partial charge < -0.3 is 19.9 Å². The molecule has 0 fully saturated rings. The van der Waals surface area contributed by atoms with Crippen LogP contribution in [-0.4, -0.2) is 35.1 Å². The number of imidazole rings is 1. The minimum atomic E-state index is -0.325. The maximum Gasteiger partial charge on any atom is 0.254 e. The Morgan fingerprint density at radius 1 is 1.14 bits per heavy atom. The standard InChI is InChI=1S/C27H25FN4O3/c1-35-15-25(33)30-20-12-22(27(34)31-23-11-8-18-4-2-3-5-21(18)23)26-24(13-20)29-16-32(26)14-17-6-9-19(28)10-7-17/h2-7,9-10,12-13,16,23H,8,11,14-15H2,1H3,(H,30,33)(H,31,34)/t23-/m1/s1. The molecule has 1 aliphatic carbocycles. The molecular formula is C27H25FN4O3. The molecule has 178 valence electrons. The van der Waals surface area contributed by atoms with E-state index in [0.717, 1.165) is 24.0 Å². The monoisotopic (exact) mass is 472 g/mol. The highest BCUT2D eigenvalue weighted by molar-refractivity contribution is 6.07. The molecule has 1 atom stereocenters. The van der Waals surface area contributed by atoms with E-state index in [1.165, 1.54) is 24.8 Å². The molecule has 35 heavy (non-hydrogen) atoms. The number of carbonyl (C=O) groups is 2. The van der Waals surface area contributed by atoms with Crippen molar-refractivity contribution in [3.05, 3.63) is 95.1 Å². The summed E-state index contributed by atoms with van der Waals surface area (Å²) in [4.78, 5) is 30.2. The van der Waals surface area contributed by atoms with Gasteiger partial charge in [-0.05, 0) is 53.8 Å². The fourth-order valence-corrected chi connectivity index (χ4v) is 4.63. The zero-order valence-electron chi connectivity index (χ0n) is 19.3. The molecule has 1 aromatic heterocycles. The molecule has 7 nitrogen and oxygen atoms in total. The van der Waals surface area contributed by atoms with Crippen LogP contribution in [0.4, 0.5) is 10.1 Å². The third-order valence-corrected chi connectivity index (χ3v) is 6.22. The number of benzene rings is 3. The molecule has 0 bridgehead atoms. The Balaban J connectivity index is 1.51. The second-order valence-corrected chi connectivity index (χ2v) is 8.64. The van der Waals surface area contributed by atoms with E-state index in [1.807, 2.05) is 22.8 Å². The van der Waals surface area contributed by atoms with Crippen molar-refractivity contribution in [2.24, 2.45) is 0 Å². The number of methoxy groups -OCH3 is 1. The van der Waals surface area contributed by atoms with Crippen LogP contribution < -0.4 is 10.6 Å². The van der Waals surface area contributed by atoms with Gasteiger partial charge in [-0.1, -0.05) is 36.4 Å². The van der Waals surface area contributed by atoms with E-state index in [9.17, 15) is 14.0 Å². The van der Waals surface area contributed by atoms with Crippen LogP contribution in [0.1, 0.15) is 39.5 Å². The maximum absolute atomic E-state index is 13.6. The molecule has 0 radical (unpaired) electrons. The van der Waals surface area contributed by atoms with Crippen molar-refractivity contribution in [2.45, 2.75) is 25.4 Å². The number of aromatic nitrogens is 2. The Kier molecular flexibility index (Phi) is 6.29. The smallest absolute Gasteiger partial charge is 0.254 e. The molecule has 5 rings (SSSR count). The van der Waals surface area contributed by atoms with Crippen molar-refractivity contribution in [1.29, 1.82) is 0 Å². The quantitative estimate of drug-likeness (QED) is 0.422. The normalized spacial score (nSPS) is 14.6. The van der Waals surface area contributed by atoms with Crippen molar-refractivity contribution in [1.82, 2.24) is 14.9 Å². The van der Waals surface area contributed by atoms with Crippen LogP contribution in [0, 0.1) is 5.82 Å². The molecule has 1 heterocycles. The number of rotatable bonds is 7. The fourth-order valence-electron chi connectivity index (χ4n) is 4.63. The second kappa shape index (κ2) is 9.68. The summed E-state index contributed by atoms with van der Waals surface area (Å²) in [5.74, 6) is -0.883. The highest BCUT2D eigenvalue weighted by Crippen LogP contribution is 2.32. The highest BCUT2D eigenvalue weighted by atomic mass is 19.1. The van der Waals surface area contributed by atoms with Crippen LogP contribution >= 0.6 is 0 Å². The van der Waals surface area contributed by atoms with Crippen LogP contribution in [-0.2, 0) is 22.5 Å². The van der Waals surface area contributed by atoms with Gasteiger partial charge in [0.2, 0.25) is 5.91 Å². The SMILES string of the molecule is COCC(=O)Nc1cc(C(=O)N[C@@H]2CCc3ccccc32)c2c(c1)ncn2Cc1ccc(F)cc1. The number of ether oxygens (including phenoxy) is 1. The fraction of sp³-hybridized carbons (Fsp3) is 0.222. The van der Waals surface area contributed by atoms with Crippen molar-refractivity contribution < 1.29 is 18.7 Å². The number of anilines is 1. The molecule has 0 spiro atoms. The lowest BCUT2D eigenvalue weighted by molar-refractivity contribution is -0.119. The minimum absolute atomic E-state index is 0.0889. The largest absolute Gasteiger partial charge is 0.375 e. The topological polar surface area (TPSA) is 85.2 Å². The van der Waals surface area contributed by atoms with Gasteiger partial charge in [-0.25, -0.2) is 9.37 Å². The molecule has 0 aliphatic heterocycles. The van der Waals surface area contributed by atoms with Crippen LogP contribution in [0.2, 0.25) is 0 Å². The zero-order valence-corrected chi connectivity index (χ0v) is 19.3. The lowest BCUT2D eigenvalue weighted by atomic mass is 10.1. The first-order valence-corrected chi connectivity index (χ1v) is 11.4. The summed E-state index contributed by atoms with van der Waals surface area (Å²) in [6.07, 6.45) is 3.38. The lowest BCUT2D eigenvalue weighted by Gasteiger charge is -2.16. The second-order valence-electron chi connectivity index (χ2n) is 8.64. The summed E-state index contributed by atoms with van der Waals surface area (Å²) in [5, 5.41) is 5.94. The molecular weight excluding hydrogens is 447 g/mol. The van der Waals surface area contributed by atoms with Crippen LogP contribution in [0.25, 0.3) is 11.0 Å². The Labute approximate surface area is 201 Å². The van der Waals surface area contributed by atoms with Crippen molar-refractivity contribution >= 4 is 28.5 Å². The minimum Gasteiger partial charge on any atom is -0.375 e. The number of fused-ring (bicyclic) bond motifs is 2. The van der Waals surface area contributed by atoms with Crippen molar-refractivity contribution in [2.75, 3.05) is 19.0 Å². The average Bonchev–Trinajstić information content (AvgIpc) is 3.44. The van der Waals surface area contributed by atoms with Gasteiger partial charge in [0.05, 0.1) is 29.0 Å². The van der Waals surface area contributed by atoms with Gasteiger partial charge in [-0.15, -0.1) is 0 Å². The van der Waals surface area contributed by atoms with E-state index in [-0.39, 0.29) is 30.3 Å². The van der Waals surface area contributed by atoms with Gasteiger partial charge in [0.15, 0.2) is 0 Å². The van der Waals surface area contributed by atoms with Gasteiger partial charge in [-0.3, -0.25) is 9.59 Å². The van der Waals surface area contributed by atoms with Crippen molar-refractivity contribution in [3.63, 3.8) is 0 Å². The molecule has 2 amide bonds. The van der Waals surface area contributed by atoms with Gasteiger partial charge >= 0.3 is 0 Å². The molecule has 8 heteroatoms.